The van der Waals surface area contributed by atoms with Crippen molar-refractivity contribution in [1.82, 2.24) is 4.98 Å². The molecule has 0 aliphatic rings. The summed E-state index contributed by atoms with van der Waals surface area (Å²) in [4.78, 5) is 27.9. The van der Waals surface area contributed by atoms with Crippen molar-refractivity contribution in [1.29, 1.82) is 0 Å². The SMILES string of the molecule is COC(=O)Nc1nc2c(Br)cc(Oc3ccc(NC(=O)Nc4cc(C(F)(F)F)ccc4F)cc3)cc2s1. The molecule has 3 aromatic carbocycles. The van der Waals surface area contributed by atoms with Gasteiger partial charge in [0, 0.05) is 16.2 Å². The van der Waals surface area contributed by atoms with Gasteiger partial charge in [-0.3, -0.25) is 5.32 Å². The standard InChI is InChI=1S/C23H15BrF4N4O4S/c1-35-22(34)32-21-31-19-15(24)9-14(10-18(19)37-21)36-13-5-3-12(4-6-13)29-20(33)30-17-8-11(23(26,27)28)2-7-16(17)25/h2-10H,1H3,(H2,29,30,33)(H,31,32,34). The second-order valence-corrected chi connectivity index (χ2v) is 9.17. The molecule has 1 heterocycles. The highest BCUT2D eigenvalue weighted by molar-refractivity contribution is 9.10. The molecule has 0 bridgehead atoms. The van der Waals surface area contributed by atoms with Crippen LogP contribution in [0.15, 0.2) is 59.1 Å². The Hall–Kier alpha value is -3.91. The van der Waals surface area contributed by atoms with E-state index in [-0.39, 0.29) is 5.69 Å². The first-order valence-electron chi connectivity index (χ1n) is 10.2. The highest BCUT2D eigenvalue weighted by atomic mass is 79.9. The van der Waals surface area contributed by atoms with Gasteiger partial charge >= 0.3 is 18.3 Å². The molecule has 0 fully saturated rings. The largest absolute Gasteiger partial charge is 0.457 e. The van der Waals surface area contributed by atoms with Crippen molar-refractivity contribution in [2.24, 2.45) is 0 Å². The average Bonchev–Trinajstić information content (AvgIpc) is 3.23. The van der Waals surface area contributed by atoms with Crippen molar-refractivity contribution in [3.63, 3.8) is 0 Å². The number of fused-ring (bicyclic) bond motifs is 1. The van der Waals surface area contributed by atoms with Crippen molar-refractivity contribution < 1.29 is 36.6 Å². The molecular formula is C23H15BrF4N4O4S. The molecule has 8 nitrogen and oxygen atoms in total. The van der Waals surface area contributed by atoms with Crippen LogP contribution in [0.1, 0.15) is 5.56 Å². The molecule has 0 aliphatic carbocycles. The Morgan fingerprint density at radius 3 is 2.38 bits per heavy atom. The Kier molecular flexibility index (Phi) is 7.50. The van der Waals surface area contributed by atoms with E-state index in [1.54, 1.807) is 24.3 Å². The van der Waals surface area contributed by atoms with E-state index in [4.69, 9.17) is 4.74 Å². The number of ether oxygens (including phenoxy) is 2. The molecule has 0 aliphatic heterocycles. The third-order valence-corrected chi connectivity index (χ3v) is 6.23. The summed E-state index contributed by atoms with van der Waals surface area (Å²) in [5, 5.41) is 7.32. The molecule has 192 valence electrons. The molecular weight excluding hydrogens is 584 g/mol. The van der Waals surface area contributed by atoms with Crippen LogP contribution in [0.3, 0.4) is 0 Å². The van der Waals surface area contributed by atoms with Gasteiger partial charge in [-0.1, -0.05) is 11.3 Å². The molecule has 0 saturated carbocycles. The lowest BCUT2D eigenvalue weighted by Crippen LogP contribution is -2.20. The Balaban J connectivity index is 1.42. The van der Waals surface area contributed by atoms with E-state index < -0.39 is 35.4 Å². The number of amides is 3. The number of hydrogen-bond donors (Lipinski definition) is 3. The van der Waals surface area contributed by atoms with Crippen LogP contribution in [-0.4, -0.2) is 24.2 Å². The van der Waals surface area contributed by atoms with Gasteiger partial charge in [0.05, 0.1) is 28.6 Å². The number of carbonyl (C=O) groups excluding carboxylic acids is 2. The number of carbonyl (C=O) groups is 2. The summed E-state index contributed by atoms with van der Waals surface area (Å²) in [5.74, 6) is -0.131. The molecule has 0 saturated heterocycles. The fraction of sp³-hybridized carbons (Fsp3) is 0.0870. The van der Waals surface area contributed by atoms with Gasteiger partial charge in [-0.25, -0.2) is 19.0 Å². The monoisotopic (exact) mass is 598 g/mol. The first kappa shape index (κ1) is 26.2. The van der Waals surface area contributed by atoms with Crippen LogP contribution >= 0.6 is 27.3 Å². The maximum absolute atomic E-state index is 13.9. The normalized spacial score (nSPS) is 11.2. The van der Waals surface area contributed by atoms with E-state index in [0.29, 0.717) is 44.8 Å². The van der Waals surface area contributed by atoms with Gasteiger partial charge < -0.3 is 20.1 Å². The van der Waals surface area contributed by atoms with Gasteiger partial charge in [-0.15, -0.1) is 0 Å². The van der Waals surface area contributed by atoms with Crippen molar-refractivity contribution in [3.05, 3.63) is 70.5 Å². The number of nitrogens with zero attached hydrogens (tertiary/aromatic N) is 1. The zero-order valence-electron chi connectivity index (χ0n) is 18.6. The molecule has 14 heteroatoms. The molecule has 0 radical (unpaired) electrons. The van der Waals surface area contributed by atoms with Gasteiger partial charge in [-0.05, 0) is 64.5 Å². The Bertz CT molecular complexity index is 1480. The summed E-state index contributed by atoms with van der Waals surface area (Å²) in [6, 6.07) is 10.3. The summed E-state index contributed by atoms with van der Waals surface area (Å²) in [6.45, 7) is 0. The number of methoxy groups -OCH3 is 1. The second kappa shape index (κ2) is 10.6. The minimum Gasteiger partial charge on any atom is -0.457 e. The average molecular weight is 599 g/mol. The van der Waals surface area contributed by atoms with Crippen molar-refractivity contribution in [3.8, 4) is 11.5 Å². The van der Waals surface area contributed by atoms with E-state index in [0.717, 1.165) is 4.70 Å². The summed E-state index contributed by atoms with van der Waals surface area (Å²) in [7, 11) is 1.24. The number of halogens is 5. The number of thiazole rings is 1. The van der Waals surface area contributed by atoms with Gasteiger partial charge in [-0.2, -0.15) is 13.2 Å². The maximum atomic E-state index is 13.9. The minimum absolute atomic E-state index is 0.287. The highest BCUT2D eigenvalue weighted by Crippen LogP contribution is 2.37. The molecule has 0 unspecified atom stereocenters. The van der Waals surface area contributed by atoms with E-state index in [1.807, 2.05) is 0 Å². The summed E-state index contributed by atoms with van der Waals surface area (Å²) in [5.41, 5.74) is -0.799. The maximum Gasteiger partial charge on any atom is 0.416 e. The quantitative estimate of drug-likeness (QED) is 0.203. The van der Waals surface area contributed by atoms with Gasteiger partial charge in [0.15, 0.2) is 5.13 Å². The third kappa shape index (κ3) is 6.46. The van der Waals surface area contributed by atoms with E-state index in [9.17, 15) is 27.2 Å². The minimum atomic E-state index is -4.68. The number of anilines is 3. The van der Waals surface area contributed by atoms with E-state index in [2.05, 4.69) is 41.6 Å². The Morgan fingerprint density at radius 2 is 1.70 bits per heavy atom. The van der Waals surface area contributed by atoms with Crippen LogP contribution in [0.25, 0.3) is 10.2 Å². The summed E-state index contributed by atoms with van der Waals surface area (Å²) in [6.07, 6.45) is -5.33. The van der Waals surface area contributed by atoms with Crippen LogP contribution in [0, 0.1) is 5.82 Å². The number of alkyl halides is 3. The Labute approximate surface area is 218 Å². The lowest BCUT2D eigenvalue weighted by atomic mass is 10.2. The molecule has 0 atom stereocenters. The number of benzene rings is 3. The van der Waals surface area contributed by atoms with Gasteiger partial charge in [0.25, 0.3) is 0 Å². The van der Waals surface area contributed by atoms with Crippen LogP contribution in [-0.2, 0) is 10.9 Å². The topological polar surface area (TPSA) is 102 Å². The summed E-state index contributed by atoms with van der Waals surface area (Å²) < 4.78 is 64.2. The predicted octanol–water partition coefficient (Wildman–Crippen LogP) is 7.83. The zero-order chi connectivity index (χ0) is 26.7. The van der Waals surface area contributed by atoms with Crippen molar-refractivity contribution >= 4 is 66.1 Å². The van der Waals surface area contributed by atoms with Crippen molar-refractivity contribution in [2.75, 3.05) is 23.1 Å². The molecule has 4 rings (SSSR count). The van der Waals surface area contributed by atoms with Crippen LogP contribution in [0.5, 0.6) is 11.5 Å². The lowest BCUT2D eigenvalue weighted by molar-refractivity contribution is -0.137. The molecule has 0 spiro atoms. The molecule has 37 heavy (non-hydrogen) atoms. The number of nitrogens with one attached hydrogen (secondary N) is 3. The van der Waals surface area contributed by atoms with Crippen LogP contribution in [0.4, 0.5) is 43.7 Å². The van der Waals surface area contributed by atoms with Crippen LogP contribution in [0.2, 0.25) is 0 Å². The second-order valence-electron chi connectivity index (χ2n) is 7.29. The number of urea groups is 1. The predicted molar refractivity (Wildman–Crippen MR) is 134 cm³/mol. The number of aromatic nitrogens is 1. The third-order valence-electron chi connectivity index (χ3n) is 4.71. The first-order valence-corrected chi connectivity index (χ1v) is 11.8. The fourth-order valence-corrected chi connectivity index (χ4v) is 4.61. The highest BCUT2D eigenvalue weighted by Gasteiger charge is 2.31. The van der Waals surface area contributed by atoms with E-state index in [1.165, 1.54) is 30.6 Å². The van der Waals surface area contributed by atoms with Gasteiger partial charge in [0.2, 0.25) is 0 Å². The summed E-state index contributed by atoms with van der Waals surface area (Å²) >= 11 is 4.64. The smallest absolute Gasteiger partial charge is 0.416 e. The molecule has 4 aromatic rings. The first-order chi connectivity index (χ1) is 17.5. The zero-order valence-corrected chi connectivity index (χ0v) is 21.0. The van der Waals surface area contributed by atoms with Crippen LogP contribution < -0.4 is 20.7 Å². The molecule has 3 amide bonds. The van der Waals surface area contributed by atoms with Crippen molar-refractivity contribution in [2.45, 2.75) is 6.18 Å². The fourth-order valence-electron chi connectivity index (χ4n) is 3.04. The Morgan fingerprint density at radius 1 is 0.973 bits per heavy atom. The molecule has 3 N–H and O–H groups in total. The lowest BCUT2D eigenvalue weighted by Gasteiger charge is -2.12. The number of rotatable bonds is 5. The molecule has 1 aromatic heterocycles. The number of hydrogen-bond acceptors (Lipinski definition) is 6. The van der Waals surface area contributed by atoms with Gasteiger partial charge in [0.1, 0.15) is 17.3 Å². The van der Waals surface area contributed by atoms with E-state index >= 15 is 0 Å².